The number of aryl methyl sites for hydroxylation is 1. The van der Waals surface area contributed by atoms with E-state index in [1.54, 1.807) is 20.4 Å². The summed E-state index contributed by atoms with van der Waals surface area (Å²) in [7, 11) is 3.36. The van der Waals surface area contributed by atoms with Gasteiger partial charge in [0.1, 0.15) is 0 Å². The van der Waals surface area contributed by atoms with Gasteiger partial charge in [0.15, 0.2) is 11.1 Å². The summed E-state index contributed by atoms with van der Waals surface area (Å²) in [5.74, 6) is -1.66. The number of nitrogens with zero attached hydrogens (tertiary/aromatic N) is 4. The number of ether oxygens (including phenoxy) is 1. The Labute approximate surface area is 196 Å². The summed E-state index contributed by atoms with van der Waals surface area (Å²) in [6.07, 6.45) is 6.90. The Kier molecular flexibility index (Phi) is 16.9. The van der Waals surface area contributed by atoms with Gasteiger partial charge in [-0.2, -0.15) is 5.26 Å². The van der Waals surface area contributed by atoms with E-state index in [2.05, 4.69) is 30.9 Å². The Hall–Kier alpha value is -3.70. The largest absolute Gasteiger partial charge is 0.478 e. The lowest BCUT2D eigenvalue weighted by Crippen LogP contribution is -2.35. The van der Waals surface area contributed by atoms with Crippen LogP contribution in [0.25, 0.3) is 0 Å². The first-order valence-electron chi connectivity index (χ1n) is 9.85. The molecule has 1 rings (SSSR count). The number of carboxylic acids is 2. The van der Waals surface area contributed by atoms with Crippen molar-refractivity contribution in [3.8, 4) is 6.19 Å². The van der Waals surface area contributed by atoms with E-state index in [4.69, 9.17) is 25.9 Å². The molecular weight excluding hydrogens is 452 g/mol. The SMILES string of the molecule is CNC(=NC#N)NCCCCCc1csc(NC(N)=NCCOC)n1.O=C(O)C=CC(=O)O. The Morgan fingerprint density at radius 1 is 1.30 bits per heavy atom. The van der Waals surface area contributed by atoms with Crippen LogP contribution < -0.4 is 21.7 Å². The molecule has 0 saturated carbocycles. The van der Waals surface area contributed by atoms with Crippen LogP contribution in [0.1, 0.15) is 25.0 Å². The van der Waals surface area contributed by atoms with Gasteiger partial charge in [0, 0.05) is 38.2 Å². The summed E-state index contributed by atoms with van der Waals surface area (Å²) in [6.45, 7) is 1.84. The van der Waals surface area contributed by atoms with Gasteiger partial charge in [-0.3, -0.25) is 4.99 Å². The molecule has 0 bridgehead atoms. The maximum absolute atomic E-state index is 9.55. The monoisotopic (exact) mass is 482 g/mol. The van der Waals surface area contributed by atoms with Crippen LogP contribution >= 0.6 is 11.3 Å². The predicted molar refractivity (Wildman–Crippen MR) is 126 cm³/mol. The van der Waals surface area contributed by atoms with Crippen LogP contribution in [0, 0.1) is 11.5 Å². The number of aliphatic carboxylic acids is 2. The van der Waals surface area contributed by atoms with Crippen LogP contribution in [0.2, 0.25) is 0 Å². The number of aliphatic imine (C=N–C) groups is 2. The number of carbonyl (C=O) groups is 2. The quantitative estimate of drug-likeness (QED) is 0.0798. The van der Waals surface area contributed by atoms with E-state index in [-0.39, 0.29) is 0 Å². The maximum Gasteiger partial charge on any atom is 0.328 e. The molecule has 0 atom stereocenters. The molecule has 0 aliphatic rings. The van der Waals surface area contributed by atoms with Crippen molar-refractivity contribution in [3.05, 3.63) is 23.2 Å². The molecule has 7 N–H and O–H groups in total. The van der Waals surface area contributed by atoms with Gasteiger partial charge in [0.05, 0.1) is 18.8 Å². The third-order valence-corrected chi connectivity index (χ3v) is 4.34. The van der Waals surface area contributed by atoms with Gasteiger partial charge < -0.3 is 36.6 Å². The average Bonchev–Trinajstić information content (AvgIpc) is 3.21. The van der Waals surface area contributed by atoms with Crippen LogP contribution in [0.15, 0.2) is 27.5 Å². The molecule has 182 valence electrons. The molecule has 14 heteroatoms. The number of carboxylic acid groups (broad SMARTS) is 2. The summed E-state index contributed by atoms with van der Waals surface area (Å²) in [5, 5.41) is 35.8. The van der Waals surface area contributed by atoms with Gasteiger partial charge in [0.2, 0.25) is 12.2 Å². The molecule has 0 spiro atoms. The fourth-order valence-electron chi connectivity index (χ4n) is 2.08. The van der Waals surface area contributed by atoms with Gasteiger partial charge >= 0.3 is 11.9 Å². The van der Waals surface area contributed by atoms with Crippen molar-refractivity contribution in [1.29, 1.82) is 5.26 Å². The highest BCUT2D eigenvalue weighted by molar-refractivity contribution is 7.13. The summed E-state index contributed by atoms with van der Waals surface area (Å²) in [6, 6.07) is 0. The number of unbranched alkanes of at least 4 members (excludes halogenated alkanes) is 2. The molecule has 33 heavy (non-hydrogen) atoms. The second kappa shape index (κ2) is 19.0. The second-order valence-corrected chi connectivity index (χ2v) is 6.94. The van der Waals surface area contributed by atoms with E-state index >= 15 is 0 Å². The number of nitriles is 1. The number of nitrogens with two attached hydrogens (primary N) is 1. The lowest BCUT2D eigenvalue weighted by atomic mass is 10.1. The molecule has 0 aliphatic carbocycles. The van der Waals surface area contributed by atoms with Crippen molar-refractivity contribution in [3.63, 3.8) is 0 Å². The summed E-state index contributed by atoms with van der Waals surface area (Å²) >= 11 is 1.52. The van der Waals surface area contributed by atoms with Crippen LogP contribution in [-0.4, -0.2) is 72.9 Å². The lowest BCUT2D eigenvalue weighted by molar-refractivity contribution is -0.134. The van der Waals surface area contributed by atoms with Crippen LogP contribution in [-0.2, 0) is 20.7 Å². The third-order valence-electron chi connectivity index (χ3n) is 3.53. The number of hydrogen-bond donors (Lipinski definition) is 6. The third kappa shape index (κ3) is 17.7. The Balaban J connectivity index is 0.00000109. The fourth-order valence-corrected chi connectivity index (χ4v) is 2.83. The Morgan fingerprint density at radius 2 is 2.00 bits per heavy atom. The van der Waals surface area contributed by atoms with Gasteiger partial charge in [-0.05, 0) is 19.3 Å². The minimum Gasteiger partial charge on any atom is -0.478 e. The molecule has 1 heterocycles. The molecule has 0 unspecified atom stereocenters. The number of anilines is 1. The molecule has 0 saturated heterocycles. The molecule has 0 amide bonds. The number of rotatable bonds is 12. The minimum absolute atomic E-state index is 0.350. The van der Waals surface area contributed by atoms with Crippen molar-refractivity contribution in [1.82, 2.24) is 15.6 Å². The highest BCUT2D eigenvalue weighted by atomic mass is 32.1. The molecule has 0 radical (unpaired) electrons. The normalized spacial score (nSPS) is 11.3. The van der Waals surface area contributed by atoms with Gasteiger partial charge in [0.25, 0.3) is 0 Å². The van der Waals surface area contributed by atoms with Crippen molar-refractivity contribution < 1.29 is 24.5 Å². The molecule has 0 aliphatic heterocycles. The standard InChI is InChI=1S/C15H26N8OS.C4H4O4/c1-18-14(21-11-16)20-7-5-3-4-6-12-10-25-15(22-12)23-13(17)19-8-9-24-2;5-3(6)1-2-4(7)8/h10H,3-9H2,1-2H3,(H2,18,20,21)(H3,17,19,22,23);1-2H,(H,5,6)(H,7,8). The van der Waals surface area contributed by atoms with Gasteiger partial charge in [-0.15, -0.1) is 16.3 Å². The van der Waals surface area contributed by atoms with Crippen molar-refractivity contribution in [2.45, 2.75) is 25.7 Å². The smallest absolute Gasteiger partial charge is 0.328 e. The van der Waals surface area contributed by atoms with E-state index in [0.717, 1.165) is 43.1 Å². The summed E-state index contributed by atoms with van der Waals surface area (Å²) < 4.78 is 4.92. The molecular formula is C19H30N8O5S. The summed E-state index contributed by atoms with van der Waals surface area (Å²) in [4.78, 5) is 31.4. The van der Waals surface area contributed by atoms with Crippen LogP contribution in [0.3, 0.4) is 0 Å². The molecule has 1 aromatic heterocycles. The Bertz CT molecular complexity index is 831. The zero-order chi connectivity index (χ0) is 24.9. The lowest BCUT2D eigenvalue weighted by Gasteiger charge is -2.06. The zero-order valence-electron chi connectivity index (χ0n) is 18.6. The molecule has 1 aromatic rings. The molecule has 0 aromatic carbocycles. The van der Waals surface area contributed by atoms with E-state index in [1.807, 2.05) is 5.38 Å². The number of nitrogens with one attached hydrogen (secondary N) is 3. The average molecular weight is 483 g/mol. The number of methoxy groups -OCH3 is 1. The van der Waals surface area contributed by atoms with E-state index < -0.39 is 11.9 Å². The highest BCUT2D eigenvalue weighted by Crippen LogP contribution is 2.16. The van der Waals surface area contributed by atoms with E-state index in [0.29, 0.717) is 37.2 Å². The highest BCUT2D eigenvalue weighted by Gasteiger charge is 2.03. The van der Waals surface area contributed by atoms with E-state index in [9.17, 15) is 9.59 Å². The maximum atomic E-state index is 9.55. The Morgan fingerprint density at radius 3 is 2.58 bits per heavy atom. The zero-order valence-corrected chi connectivity index (χ0v) is 19.4. The van der Waals surface area contributed by atoms with Crippen molar-refractivity contribution >= 4 is 40.3 Å². The van der Waals surface area contributed by atoms with Crippen molar-refractivity contribution in [2.24, 2.45) is 15.7 Å². The molecule has 13 nitrogen and oxygen atoms in total. The second-order valence-electron chi connectivity index (χ2n) is 6.09. The predicted octanol–water partition coefficient (Wildman–Crippen LogP) is 0.587. The summed E-state index contributed by atoms with van der Waals surface area (Å²) in [5.41, 5.74) is 6.82. The van der Waals surface area contributed by atoms with Gasteiger partial charge in [-0.25, -0.2) is 14.6 Å². The first kappa shape index (κ1) is 29.3. The topological polar surface area (TPSA) is 207 Å². The number of aromatic nitrogens is 1. The fraction of sp³-hybridized carbons (Fsp3) is 0.474. The van der Waals surface area contributed by atoms with E-state index in [1.165, 1.54) is 11.3 Å². The first-order chi connectivity index (χ1) is 15.8. The van der Waals surface area contributed by atoms with Crippen LogP contribution in [0.4, 0.5) is 5.13 Å². The number of hydrogen-bond acceptors (Lipinski definition) is 8. The number of thiazole rings is 1. The molecule has 0 fully saturated rings. The van der Waals surface area contributed by atoms with Crippen molar-refractivity contribution in [2.75, 3.05) is 39.2 Å². The van der Waals surface area contributed by atoms with Gasteiger partial charge in [-0.1, -0.05) is 6.42 Å². The number of guanidine groups is 2. The first-order valence-corrected chi connectivity index (χ1v) is 10.7. The van der Waals surface area contributed by atoms with Crippen LogP contribution in [0.5, 0.6) is 0 Å². The minimum atomic E-state index is -1.26.